The van der Waals surface area contributed by atoms with E-state index in [9.17, 15) is 9.18 Å². The van der Waals surface area contributed by atoms with Gasteiger partial charge in [-0.15, -0.1) is 10.2 Å². The van der Waals surface area contributed by atoms with E-state index < -0.39 is 0 Å². The topological polar surface area (TPSA) is 70.6 Å². The summed E-state index contributed by atoms with van der Waals surface area (Å²) in [5.41, 5.74) is 2.15. The number of piperazine rings is 1. The van der Waals surface area contributed by atoms with Gasteiger partial charge >= 0.3 is 6.03 Å². The monoisotopic (exact) mass is 407 g/mol. The number of nitrogens with zero attached hydrogens (tertiary/aromatic N) is 4. The maximum atomic E-state index is 13.1. The number of amides is 2. The lowest BCUT2D eigenvalue weighted by Crippen LogP contribution is -2.50. The van der Waals surface area contributed by atoms with Crippen molar-refractivity contribution in [2.24, 2.45) is 0 Å². The number of halogens is 1. The van der Waals surface area contributed by atoms with Crippen LogP contribution in [0.1, 0.15) is 0 Å². The van der Waals surface area contributed by atoms with Crippen LogP contribution in [0, 0.1) is 5.82 Å². The SMILES string of the molecule is COc1ccccc1NC(=O)N1CCN(c2ccc(-c3ccc(F)cc3)nn2)CC1. The molecule has 2 amide bonds. The quantitative estimate of drug-likeness (QED) is 0.715. The molecule has 30 heavy (non-hydrogen) atoms. The molecule has 1 aliphatic rings. The molecule has 0 atom stereocenters. The van der Waals surface area contributed by atoms with E-state index >= 15 is 0 Å². The molecule has 2 aromatic carbocycles. The fourth-order valence-electron chi connectivity index (χ4n) is 3.35. The van der Waals surface area contributed by atoms with Crippen LogP contribution in [0.25, 0.3) is 11.3 Å². The van der Waals surface area contributed by atoms with Crippen molar-refractivity contribution < 1.29 is 13.9 Å². The predicted octanol–water partition coefficient (Wildman–Crippen LogP) is 3.65. The third-order valence-electron chi connectivity index (χ3n) is 5.03. The lowest BCUT2D eigenvalue weighted by Gasteiger charge is -2.35. The van der Waals surface area contributed by atoms with E-state index in [1.807, 2.05) is 36.4 Å². The van der Waals surface area contributed by atoms with Crippen molar-refractivity contribution in [1.82, 2.24) is 15.1 Å². The fourth-order valence-corrected chi connectivity index (χ4v) is 3.35. The molecule has 1 aliphatic heterocycles. The number of nitrogens with one attached hydrogen (secondary N) is 1. The lowest BCUT2D eigenvalue weighted by atomic mass is 10.1. The van der Waals surface area contributed by atoms with E-state index in [2.05, 4.69) is 20.4 Å². The molecule has 2 heterocycles. The van der Waals surface area contributed by atoms with Crippen molar-refractivity contribution >= 4 is 17.5 Å². The van der Waals surface area contributed by atoms with Crippen LogP contribution in [0.4, 0.5) is 20.7 Å². The maximum absolute atomic E-state index is 13.1. The Bertz CT molecular complexity index is 1000. The first-order valence-electron chi connectivity index (χ1n) is 9.67. The van der Waals surface area contributed by atoms with E-state index in [-0.39, 0.29) is 11.8 Å². The Morgan fingerprint density at radius 1 is 0.967 bits per heavy atom. The molecule has 0 bridgehead atoms. The molecular weight excluding hydrogens is 385 g/mol. The standard InChI is InChI=1S/C22H22FN5O2/c1-30-20-5-3-2-4-19(20)24-22(29)28-14-12-27(13-15-28)21-11-10-18(25-26-21)16-6-8-17(23)9-7-16/h2-11H,12-15H2,1H3,(H,24,29). The van der Waals surface area contributed by atoms with Gasteiger partial charge in [-0.25, -0.2) is 9.18 Å². The number of aromatic nitrogens is 2. The Kier molecular flexibility index (Phi) is 5.74. The van der Waals surface area contributed by atoms with Gasteiger partial charge in [-0.1, -0.05) is 12.1 Å². The van der Waals surface area contributed by atoms with E-state index in [1.165, 1.54) is 12.1 Å². The van der Waals surface area contributed by atoms with Gasteiger partial charge in [0.05, 0.1) is 18.5 Å². The summed E-state index contributed by atoms with van der Waals surface area (Å²) in [6.45, 7) is 2.46. The number of carbonyl (C=O) groups is 1. The zero-order valence-corrected chi connectivity index (χ0v) is 16.6. The smallest absolute Gasteiger partial charge is 0.322 e. The molecule has 0 aliphatic carbocycles. The molecular formula is C22H22FN5O2. The molecule has 0 saturated carbocycles. The highest BCUT2D eigenvalue weighted by atomic mass is 19.1. The third-order valence-corrected chi connectivity index (χ3v) is 5.03. The van der Waals surface area contributed by atoms with Crippen LogP contribution in [-0.2, 0) is 0 Å². The average Bonchev–Trinajstić information content (AvgIpc) is 2.80. The second-order valence-electron chi connectivity index (χ2n) is 6.89. The van der Waals surface area contributed by atoms with Crippen molar-refractivity contribution in [3.63, 3.8) is 0 Å². The van der Waals surface area contributed by atoms with Crippen molar-refractivity contribution in [3.8, 4) is 17.0 Å². The maximum Gasteiger partial charge on any atom is 0.322 e. The predicted molar refractivity (Wildman–Crippen MR) is 113 cm³/mol. The summed E-state index contributed by atoms with van der Waals surface area (Å²) in [5, 5.41) is 11.5. The second kappa shape index (κ2) is 8.77. The number of hydrogen-bond donors (Lipinski definition) is 1. The van der Waals surface area contributed by atoms with E-state index in [0.717, 1.165) is 11.4 Å². The number of rotatable bonds is 4. The Balaban J connectivity index is 1.35. The highest BCUT2D eigenvalue weighted by Crippen LogP contribution is 2.24. The zero-order chi connectivity index (χ0) is 20.9. The van der Waals surface area contributed by atoms with Gasteiger partial charge in [0.2, 0.25) is 0 Å². The molecule has 1 aromatic heterocycles. The van der Waals surface area contributed by atoms with Gasteiger partial charge in [-0.2, -0.15) is 0 Å². The molecule has 4 rings (SSSR count). The summed E-state index contributed by atoms with van der Waals surface area (Å²) in [5.74, 6) is 1.10. The molecule has 7 nitrogen and oxygen atoms in total. The molecule has 0 unspecified atom stereocenters. The van der Waals surface area contributed by atoms with Crippen LogP contribution in [0.15, 0.2) is 60.7 Å². The summed E-state index contributed by atoms with van der Waals surface area (Å²) in [4.78, 5) is 16.4. The minimum atomic E-state index is -0.282. The Hall–Kier alpha value is -3.68. The Labute approximate surface area is 174 Å². The zero-order valence-electron chi connectivity index (χ0n) is 16.6. The van der Waals surface area contributed by atoms with Crippen molar-refractivity contribution in [2.45, 2.75) is 0 Å². The van der Waals surface area contributed by atoms with E-state index in [4.69, 9.17) is 4.74 Å². The van der Waals surface area contributed by atoms with E-state index in [1.54, 1.807) is 24.1 Å². The lowest BCUT2D eigenvalue weighted by molar-refractivity contribution is 0.208. The van der Waals surface area contributed by atoms with Gasteiger partial charge in [0.15, 0.2) is 5.82 Å². The molecule has 8 heteroatoms. The fraction of sp³-hybridized carbons (Fsp3) is 0.227. The summed E-state index contributed by atoms with van der Waals surface area (Å²) in [6.07, 6.45) is 0. The summed E-state index contributed by atoms with van der Waals surface area (Å²) in [6, 6.07) is 17.1. The van der Waals surface area contributed by atoms with Crippen LogP contribution in [0.3, 0.4) is 0 Å². The summed E-state index contributed by atoms with van der Waals surface area (Å²) >= 11 is 0. The average molecular weight is 407 g/mol. The normalized spacial score (nSPS) is 13.8. The number of anilines is 2. The highest BCUT2D eigenvalue weighted by molar-refractivity contribution is 5.91. The van der Waals surface area contributed by atoms with Gasteiger partial charge in [0.1, 0.15) is 11.6 Å². The van der Waals surface area contributed by atoms with E-state index in [0.29, 0.717) is 43.3 Å². The van der Waals surface area contributed by atoms with Gasteiger partial charge in [-0.05, 0) is 48.5 Å². The minimum Gasteiger partial charge on any atom is -0.495 e. The number of benzene rings is 2. The van der Waals surface area contributed by atoms with Crippen LogP contribution >= 0.6 is 0 Å². The molecule has 0 spiro atoms. The van der Waals surface area contributed by atoms with Gasteiger partial charge in [0, 0.05) is 31.7 Å². The van der Waals surface area contributed by atoms with Crippen molar-refractivity contribution in [2.75, 3.05) is 43.5 Å². The number of hydrogen-bond acceptors (Lipinski definition) is 5. The molecule has 1 N–H and O–H groups in total. The Morgan fingerprint density at radius 3 is 2.37 bits per heavy atom. The molecule has 0 radical (unpaired) electrons. The largest absolute Gasteiger partial charge is 0.495 e. The first kappa shape index (κ1) is 19.6. The van der Waals surface area contributed by atoms with Gasteiger partial charge in [-0.3, -0.25) is 0 Å². The van der Waals surface area contributed by atoms with Gasteiger partial charge in [0.25, 0.3) is 0 Å². The van der Waals surface area contributed by atoms with Gasteiger partial charge < -0.3 is 19.9 Å². The van der Waals surface area contributed by atoms with Crippen LogP contribution in [0.2, 0.25) is 0 Å². The minimum absolute atomic E-state index is 0.156. The first-order valence-corrected chi connectivity index (χ1v) is 9.67. The number of para-hydroxylation sites is 2. The molecule has 3 aromatic rings. The number of methoxy groups -OCH3 is 1. The second-order valence-corrected chi connectivity index (χ2v) is 6.89. The van der Waals surface area contributed by atoms with Crippen LogP contribution in [0.5, 0.6) is 5.75 Å². The molecule has 1 fully saturated rings. The number of carbonyl (C=O) groups excluding carboxylic acids is 1. The number of ether oxygens (including phenoxy) is 1. The molecule has 154 valence electrons. The van der Waals surface area contributed by atoms with Crippen LogP contribution in [-0.4, -0.2) is 54.4 Å². The van der Waals surface area contributed by atoms with Crippen molar-refractivity contribution in [3.05, 3.63) is 66.5 Å². The number of urea groups is 1. The van der Waals surface area contributed by atoms with Crippen molar-refractivity contribution in [1.29, 1.82) is 0 Å². The first-order chi connectivity index (χ1) is 14.6. The third kappa shape index (κ3) is 4.32. The summed E-state index contributed by atoms with van der Waals surface area (Å²) < 4.78 is 18.4. The summed E-state index contributed by atoms with van der Waals surface area (Å²) in [7, 11) is 1.58. The Morgan fingerprint density at radius 2 is 1.70 bits per heavy atom. The van der Waals surface area contributed by atoms with Crippen LogP contribution < -0.4 is 15.0 Å². The highest BCUT2D eigenvalue weighted by Gasteiger charge is 2.23. The molecule has 1 saturated heterocycles.